The highest BCUT2D eigenvalue weighted by atomic mass is 16.1. The Morgan fingerprint density at radius 1 is 1.19 bits per heavy atom. The van der Waals surface area contributed by atoms with E-state index in [2.05, 4.69) is 24.5 Å². The number of rotatable bonds is 5. The van der Waals surface area contributed by atoms with Crippen LogP contribution in [0.25, 0.3) is 0 Å². The van der Waals surface area contributed by atoms with Gasteiger partial charge in [-0.25, -0.2) is 0 Å². The second-order valence-electron chi connectivity index (χ2n) is 5.35. The van der Waals surface area contributed by atoms with Crippen LogP contribution in [0.2, 0.25) is 0 Å². The lowest BCUT2D eigenvalue weighted by Crippen LogP contribution is -2.37. The third-order valence-corrected chi connectivity index (χ3v) is 3.47. The summed E-state index contributed by atoms with van der Waals surface area (Å²) in [5.74, 6) is 1.84. The summed E-state index contributed by atoms with van der Waals surface area (Å²) in [5, 5.41) is 6.23. The summed E-state index contributed by atoms with van der Waals surface area (Å²) in [6.45, 7) is 5.65. The van der Waals surface area contributed by atoms with Crippen molar-refractivity contribution in [3.8, 4) is 0 Å². The molecule has 0 saturated heterocycles. The van der Waals surface area contributed by atoms with E-state index in [4.69, 9.17) is 0 Å². The number of hydrogen-bond acceptors (Lipinski definition) is 2. The molecule has 0 heterocycles. The number of hydrogen-bond donors (Lipinski definition) is 2. The predicted molar refractivity (Wildman–Crippen MR) is 67.3 cm³/mol. The van der Waals surface area contributed by atoms with Crippen molar-refractivity contribution < 1.29 is 4.79 Å². The number of carbonyl (C=O) groups excluding carboxylic acids is 1. The normalized spacial score (nSPS) is 30.1. The molecule has 2 unspecified atom stereocenters. The minimum atomic E-state index is 0.146. The fourth-order valence-corrected chi connectivity index (χ4v) is 2.79. The Hall–Kier alpha value is -0.570. The van der Waals surface area contributed by atoms with Gasteiger partial charge in [0.2, 0.25) is 5.91 Å². The fraction of sp³-hybridized carbons (Fsp3) is 0.923. The molecule has 0 radical (unpaired) electrons. The minimum absolute atomic E-state index is 0.146. The second-order valence-corrected chi connectivity index (χ2v) is 5.35. The molecule has 0 aromatic heterocycles. The first-order chi connectivity index (χ1) is 7.61. The van der Waals surface area contributed by atoms with Gasteiger partial charge in [-0.3, -0.25) is 4.79 Å². The van der Waals surface area contributed by atoms with Crippen molar-refractivity contribution >= 4 is 5.91 Å². The topological polar surface area (TPSA) is 41.1 Å². The molecule has 1 amide bonds. The van der Waals surface area contributed by atoms with Crippen LogP contribution >= 0.6 is 0 Å². The Bertz CT molecular complexity index is 208. The molecule has 2 N–H and O–H groups in total. The van der Waals surface area contributed by atoms with E-state index in [1.807, 2.05) is 0 Å². The summed E-state index contributed by atoms with van der Waals surface area (Å²) < 4.78 is 0. The lowest BCUT2D eigenvalue weighted by atomic mass is 9.80. The Balaban J connectivity index is 2.10. The van der Waals surface area contributed by atoms with Crippen LogP contribution < -0.4 is 10.6 Å². The van der Waals surface area contributed by atoms with Gasteiger partial charge >= 0.3 is 0 Å². The zero-order valence-corrected chi connectivity index (χ0v) is 10.9. The van der Waals surface area contributed by atoms with Crippen molar-refractivity contribution in [2.24, 2.45) is 11.8 Å². The molecule has 3 nitrogen and oxygen atoms in total. The summed E-state index contributed by atoms with van der Waals surface area (Å²) in [6.07, 6.45) is 5.55. The third kappa shape index (κ3) is 4.97. The zero-order valence-electron chi connectivity index (χ0n) is 10.9. The van der Waals surface area contributed by atoms with Crippen LogP contribution in [-0.4, -0.2) is 25.5 Å². The van der Waals surface area contributed by atoms with Crippen LogP contribution in [0.15, 0.2) is 0 Å². The van der Waals surface area contributed by atoms with Crippen LogP contribution in [0, 0.1) is 11.8 Å². The average molecular weight is 226 g/mol. The van der Waals surface area contributed by atoms with Gasteiger partial charge in [0, 0.05) is 19.5 Å². The maximum absolute atomic E-state index is 11.0. The van der Waals surface area contributed by atoms with Gasteiger partial charge in [0.05, 0.1) is 0 Å². The summed E-state index contributed by atoms with van der Waals surface area (Å²) in [7, 11) is 1.69. The van der Waals surface area contributed by atoms with E-state index in [1.165, 1.54) is 19.3 Å². The van der Waals surface area contributed by atoms with E-state index in [1.54, 1.807) is 7.05 Å². The van der Waals surface area contributed by atoms with Gasteiger partial charge in [-0.1, -0.05) is 13.8 Å². The van der Waals surface area contributed by atoms with Crippen LogP contribution in [0.4, 0.5) is 0 Å². The number of nitrogens with one attached hydrogen (secondary N) is 2. The lowest BCUT2D eigenvalue weighted by Gasteiger charge is -2.32. The molecule has 1 fully saturated rings. The smallest absolute Gasteiger partial charge is 0.219 e. The molecule has 1 rings (SSSR count). The van der Waals surface area contributed by atoms with Gasteiger partial charge in [-0.2, -0.15) is 0 Å². The maximum atomic E-state index is 11.0. The van der Waals surface area contributed by atoms with E-state index >= 15 is 0 Å². The van der Waals surface area contributed by atoms with Crippen molar-refractivity contribution in [3.63, 3.8) is 0 Å². The highest BCUT2D eigenvalue weighted by Gasteiger charge is 2.22. The van der Waals surface area contributed by atoms with Crippen molar-refractivity contribution in [2.75, 3.05) is 13.6 Å². The first kappa shape index (κ1) is 13.5. The molecule has 3 heteroatoms. The van der Waals surface area contributed by atoms with E-state index in [9.17, 15) is 4.79 Å². The summed E-state index contributed by atoms with van der Waals surface area (Å²) in [6, 6.07) is 0.670. The molecule has 0 bridgehead atoms. The van der Waals surface area contributed by atoms with Crippen LogP contribution in [0.1, 0.15) is 46.0 Å². The number of carbonyl (C=O) groups is 1. The molecule has 1 saturated carbocycles. The summed E-state index contributed by atoms with van der Waals surface area (Å²) in [5.41, 5.74) is 0. The molecular weight excluding hydrogens is 200 g/mol. The molecule has 16 heavy (non-hydrogen) atoms. The van der Waals surface area contributed by atoms with Gasteiger partial charge in [0.1, 0.15) is 0 Å². The van der Waals surface area contributed by atoms with E-state index in [0.29, 0.717) is 12.5 Å². The molecule has 1 aliphatic rings. The minimum Gasteiger partial charge on any atom is -0.359 e. The van der Waals surface area contributed by atoms with Crippen LogP contribution in [-0.2, 0) is 4.79 Å². The van der Waals surface area contributed by atoms with E-state index in [-0.39, 0.29) is 5.91 Å². The fourth-order valence-electron chi connectivity index (χ4n) is 2.79. The maximum Gasteiger partial charge on any atom is 0.219 e. The molecule has 0 aromatic carbocycles. The predicted octanol–water partition coefficient (Wildman–Crippen LogP) is 1.93. The largest absolute Gasteiger partial charge is 0.359 e. The SMILES string of the molecule is CNC(=O)CCCNC1CC(C)CC(C)C1. The van der Waals surface area contributed by atoms with E-state index in [0.717, 1.165) is 24.8 Å². The quantitative estimate of drug-likeness (QED) is 0.703. The monoisotopic (exact) mass is 226 g/mol. The van der Waals surface area contributed by atoms with Gasteiger partial charge in [-0.15, -0.1) is 0 Å². The van der Waals surface area contributed by atoms with Gasteiger partial charge in [0.25, 0.3) is 0 Å². The zero-order chi connectivity index (χ0) is 12.0. The summed E-state index contributed by atoms with van der Waals surface area (Å²) in [4.78, 5) is 11.0. The van der Waals surface area contributed by atoms with Crippen molar-refractivity contribution in [3.05, 3.63) is 0 Å². The number of amides is 1. The first-order valence-corrected chi connectivity index (χ1v) is 6.55. The third-order valence-electron chi connectivity index (χ3n) is 3.47. The molecule has 0 spiro atoms. The Labute approximate surface area is 99.4 Å². The molecule has 94 valence electrons. The van der Waals surface area contributed by atoms with Gasteiger partial charge in [0.15, 0.2) is 0 Å². The van der Waals surface area contributed by atoms with Crippen molar-refractivity contribution in [1.82, 2.24) is 10.6 Å². The van der Waals surface area contributed by atoms with Crippen molar-refractivity contribution in [2.45, 2.75) is 52.0 Å². The Morgan fingerprint density at radius 2 is 1.81 bits per heavy atom. The molecule has 1 aliphatic carbocycles. The van der Waals surface area contributed by atoms with Crippen LogP contribution in [0.3, 0.4) is 0 Å². The Morgan fingerprint density at radius 3 is 2.38 bits per heavy atom. The lowest BCUT2D eigenvalue weighted by molar-refractivity contribution is -0.120. The van der Waals surface area contributed by atoms with Gasteiger partial charge < -0.3 is 10.6 Å². The first-order valence-electron chi connectivity index (χ1n) is 6.55. The van der Waals surface area contributed by atoms with Crippen molar-refractivity contribution in [1.29, 1.82) is 0 Å². The highest BCUT2D eigenvalue weighted by molar-refractivity contribution is 5.75. The van der Waals surface area contributed by atoms with Crippen LogP contribution in [0.5, 0.6) is 0 Å². The molecule has 2 atom stereocenters. The molecule has 0 aromatic rings. The summed E-state index contributed by atoms with van der Waals surface area (Å²) >= 11 is 0. The average Bonchev–Trinajstić information content (AvgIpc) is 2.22. The highest BCUT2D eigenvalue weighted by Crippen LogP contribution is 2.28. The Kier molecular flexibility index (Phi) is 5.81. The standard InChI is InChI=1S/C13H26N2O/c1-10-7-11(2)9-12(8-10)15-6-4-5-13(16)14-3/h10-12,15H,4-9H2,1-3H3,(H,14,16). The second kappa shape index (κ2) is 6.89. The molecular formula is C13H26N2O. The molecule has 0 aliphatic heterocycles. The van der Waals surface area contributed by atoms with Gasteiger partial charge in [-0.05, 0) is 44.1 Å². The van der Waals surface area contributed by atoms with E-state index < -0.39 is 0 Å².